The molecule has 0 aliphatic rings. The molecule has 0 aromatic carbocycles. The van der Waals surface area contributed by atoms with Crippen LogP contribution in [0.25, 0.3) is 0 Å². The van der Waals surface area contributed by atoms with E-state index in [4.69, 9.17) is 0 Å². The molecule has 0 unspecified atom stereocenters. The predicted molar refractivity (Wildman–Crippen MR) is 62.7 cm³/mol. The van der Waals surface area contributed by atoms with Gasteiger partial charge in [0.1, 0.15) is 0 Å². The van der Waals surface area contributed by atoms with Gasteiger partial charge in [0.25, 0.3) is 0 Å². The van der Waals surface area contributed by atoms with Crippen LogP contribution in [0.15, 0.2) is 0 Å². The molecule has 0 rings (SSSR count). The molecule has 0 spiro atoms. The fourth-order valence-corrected chi connectivity index (χ4v) is 6.00. The first-order valence-electron chi connectivity index (χ1n) is 4.52. The zero-order chi connectivity index (χ0) is 9.23. The maximum atomic E-state index is 4.02. The topological polar surface area (TPSA) is 0 Å². The van der Waals surface area contributed by atoms with E-state index in [1.165, 1.54) is 0 Å². The molecule has 0 bridgehead atoms. The molecule has 0 aromatic heterocycles. The summed E-state index contributed by atoms with van der Waals surface area (Å²) in [6, 6.07) is 0. The second-order valence-electron chi connectivity index (χ2n) is 4.29. The molecular formula is C9H22BrP. The van der Waals surface area contributed by atoms with Crippen molar-refractivity contribution in [1.82, 2.24) is 0 Å². The third-order valence-electron chi connectivity index (χ3n) is 2.65. The average Bonchev–Trinajstić information content (AvgIpc) is 1.84. The van der Waals surface area contributed by atoms with Crippen LogP contribution < -0.4 is 0 Å². The average molecular weight is 241 g/mol. The zero-order valence-corrected chi connectivity index (χ0v) is 11.2. The van der Waals surface area contributed by atoms with E-state index >= 15 is 0 Å². The molecule has 0 aromatic rings. The van der Waals surface area contributed by atoms with Crippen molar-refractivity contribution in [2.45, 2.75) is 58.5 Å². The number of hydrogen-bond donors (Lipinski definition) is 0. The van der Waals surface area contributed by atoms with Crippen LogP contribution in [0.4, 0.5) is 0 Å². The Bertz CT molecular complexity index is 97.0. The SMILES string of the molecule is CC(C)[PH](Br)(C(C)C)C(C)C. The molecule has 0 aliphatic heterocycles. The fourth-order valence-electron chi connectivity index (χ4n) is 2.00. The van der Waals surface area contributed by atoms with Crippen LogP contribution in [0, 0.1) is 0 Å². The molecule has 0 atom stereocenters. The number of hydrogen-bond acceptors (Lipinski definition) is 0. The van der Waals surface area contributed by atoms with Crippen LogP contribution in [0.5, 0.6) is 0 Å². The molecule has 0 N–H and O–H groups in total. The summed E-state index contributed by atoms with van der Waals surface area (Å²) in [5, 5.41) is 0. The van der Waals surface area contributed by atoms with Crippen molar-refractivity contribution < 1.29 is 0 Å². The van der Waals surface area contributed by atoms with Crippen LogP contribution in [-0.4, -0.2) is 17.0 Å². The Hall–Kier alpha value is 0.910. The van der Waals surface area contributed by atoms with Gasteiger partial charge in [0.2, 0.25) is 0 Å². The molecule has 11 heavy (non-hydrogen) atoms. The van der Waals surface area contributed by atoms with Gasteiger partial charge in [0.05, 0.1) is 0 Å². The monoisotopic (exact) mass is 240 g/mol. The Morgan fingerprint density at radius 2 is 0.909 bits per heavy atom. The first-order chi connectivity index (χ1) is 4.83. The molecule has 70 valence electrons. The number of halogens is 1. The standard InChI is InChI=1S/C9H22BrP/c1-7(2)11(10,8(3)4)9(5)6/h7-9,11H,1-6H3. The molecule has 0 saturated heterocycles. The summed E-state index contributed by atoms with van der Waals surface area (Å²) in [6.07, 6.45) is 0. The van der Waals surface area contributed by atoms with Gasteiger partial charge in [-0.1, -0.05) is 0 Å². The van der Waals surface area contributed by atoms with Gasteiger partial charge in [0, 0.05) is 0 Å². The van der Waals surface area contributed by atoms with Crippen LogP contribution in [0.2, 0.25) is 0 Å². The van der Waals surface area contributed by atoms with E-state index in [-0.39, 0.29) is 0 Å². The van der Waals surface area contributed by atoms with Gasteiger partial charge in [-0.2, -0.15) is 0 Å². The Morgan fingerprint density at radius 3 is 0.909 bits per heavy atom. The van der Waals surface area contributed by atoms with Gasteiger partial charge >= 0.3 is 80.0 Å². The third kappa shape index (κ3) is 2.42. The Kier molecular flexibility index (Phi) is 4.58. The molecule has 0 aliphatic carbocycles. The van der Waals surface area contributed by atoms with E-state index in [1.807, 2.05) is 0 Å². The van der Waals surface area contributed by atoms with Crippen LogP contribution in [0.1, 0.15) is 41.5 Å². The van der Waals surface area contributed by atoms with Crippen LogP contribution in [-0.2, 0) is 0 Å². The van der Waals surface area contributed by atoms with Crippen molar-refractivity contribution in [2.75, 3.05) is 0 Å². The first-order valence-corrected chi connectivity index (χ1v) is 9.01. The maximum absolute atomic E-state index is 4.02. The third-order valence-corrected chi connectivity index (χ3v) is 16.2. The molecule has 2 heteroatoms. The van der Waals surface area contributed by atoms with E-state index in [9.17, 15) is 0 Å². The molecule has 0 saturated carbocycles. The van der Waals surface area contributed by atoms with Crippen molar-refractivity contribution in [3.05, 3.63) is 0 Å². The first kappa shape index (κ1) is 11.9. The Morgan fingerprint density at radius 1 is 0.727 bits per heavy atom. The fraction of sp³-hybridized carbons (Fsp3) is 1.00. The summed E-state index contributed by atoms with van der Waals surface area (Å²) in [5.41, 5.74) is 2.51. The second kappa shape index (κ2) is 4.23. The van der Waals surface area contributed by atoms with Crippen molar-refractivity contribution in [2.24, 2.45) is 0 Å². The summed E-state index contributed by atoms with van der Waals surface area (Å²) in [7, 11) is 0. The molecular weight excluding hydrogens is 219 g/mol. The zero-order valence-electron chi connectivity index (χ0n) is 8.61. The summed E-state index contributed by atoms with van der Waals surface area (Å²) < 4.78 is 0. The summed E-state index contributed by atoms with van der Waals surface area (Å²) in [5.74, 6) is -1.17. The van der Waals surface area contributed by atoms with Crippen molar-refractivity contribution in [3.63, 3.8) is 0 Å². The Balaban J connectivity index is 4.53. The normalized spacial score (nSPS) is 15.1. The minimum absolute atomic E-state index is 0.836. The molecule has 0 fully saturated rings. The quantitative estimate of drug-likeness (QED) is 0.647. The van der Waals surface area contributed by atoms with Gasteiger partial charge in [-0.25, -0.2) is 0 Å². The summed E-state index contributed by atoms with van der Waals surface area (Å²) in [6.45, 7) is 14.1. The number of rotatable bonds is 3. The Labute approximate surface area is 80.2 Å². The van der Waals surface area contributed by atoms with Gasteiger partial charge in [-0.3, -0.25) is 0 Å². The van der Waals surface area contributed by atoms with Gasteiger partial charge in [-0.15, -0.1) is 0 Å². The molecule has 0 nitrogen and oxygen atoms in total. The van der Waals surface area contributed by atoms with Crippen molar-refractivity contribution >= 4 is 21.5 Å². The van der Waals surface area contributed by atoms with E-state index < -0.39 is 5.96 Å². The van der Waals surface area contributed by atoms with Crippen LogP contribution >= 0.6 is 21.5 Å². The van der Waals surface area contributed by atoms with E-state index in [0.717, 1.165) is 17.0 Å². The minimum atomic E-state index is -1.17. The molecule has 0 amide bonds. The van der Waals surface area contributed by atoms with Crippen LogP contribution in [0.3, 0.4) is 0 Å². The van der Waals surface area contributed by atoms with Crippen molar-refractivity contribution in [3.8, 4) is 0 Å². The van der Waals surface area contributed by atoms with Crippen molar-refractivity contribution in [1.29, 1.82) is 0 Å². The van der Waals surface area contributed by atoms with E-state index in [2.05, 4.69) is 57.0 Å². The summed E-state index contributed by atoms with van der Waals surface area (Å²) in [4.78, 5) is 0. The molecule has 0 radical (unpaired) electrons. The second-order valence-corrected chi connectivity index (χ2v) is 13.5. The summed E-state index contributed by atoms with van der Waals surface area (Å²) >= 11 is 4.02. The predicted octanol–water partition coefficient (Wildman–Crippen LogP) is 4.27. The van der Waals surface area contributed by atoms with Gasteiger partial charge < -0.3 is 0 Å². The van der Waals surface area contributed by atoms with E-state index in [0.29, 0.717) is 0 Å². The van der Waals surface area contributed by atoms with E-state index in [1.54, 1.807) is 0 Å². The van der Waals surface area contributed by atoms with Gasteiger partial charge in [-0.05, 0) is 0 Å². The van der Waals surface area contributed by atoms with Gasteiger partial charge in [0.15, 0.2) is 0 Å². The molecule has 0 heterocycles.